The van der Waals surface area contributed by atoms with Crippen LogP contribution < -0.4 is 15.4 Å². The van der Waals surface area contributed by atoms with Gasteiger partial charge in [-0.25, -0.2) is 4.79 Å². The second-order valence-corrected chi connectivity index (χ2v) is 5.96. The summed E-state index contributed by atoms with van der Waals surface area (Å²) in [4.78, 5) is 11.4. The number of amides is 2. The van der Waals surface area contributed by atoms with E-state index in [9.17, 15) is 22.2 Å². The molecule has 0 fully saturated rings. The van der Waals surface area contributed by atoms with Crippen molar-refractivity contribution in [2.75, 3.05) is 25.1 Å². The predicted molar refractivity (Wildman–Crippen MR) is 77.2 cm³/mol. The number of nitrogens with one attached hydrogen (secondary N) is 2. The molecule has 22 heavy (non-hydrogen) atoms. The molecule has 0 aliphatic heterocycles. The largest absolute Gasteiger partial charge is 0.573 e. The molecule has 0 aromatic heterocycles. The van der Waals surface area contributed by atoms with Crippen molar-refractivity contribution in [2.45, 2.75) is 12.8 Å². The van der Waals surface area contributed by atoms with Gasteiger partial charge in [-0.05, 0) is 24.1 Å². The van der Waals surface area contributed by atoms with Gasteiger partial charge < -0.3 is 15.4 Å². The summed E-state index contributed by atoms with van der Waals surface area (Å²) in [6.45, 7) is 0.652. The lowest BCUT2D eigenvalue weighted by Gasteiger charge is -2.10. The van der Waals surface area contributed by atoms with Gasteiger partial charge in [-0.15, -0.1) is 13.2 Å². The third-order valence-electron chi connectivity index (χ3n) is 2.53. The monoisotopic (exact) mass is 338 g/mol. The van der Waals surface area contributed by atoms with Gasteiger partial charge in [0.25, 0.3) is 0 Å². The van der Waals surface area contributed by atoms with E-state index in [1.165, 1.54) is 24.3 Å². The molecule has 0 saturated heterocycles. The average Bonchev–Trinajstić information content (AvgIpc) is 2.38. The van der Waals surface area contributed by atoms with Crippen LogP contribution in [0.2, 0.25) is 0 Å². The van der Waals surface area contributed by atoms with E-state index in [4.69, 9.17) is 0 Å². The zero-order valence-electron chi connectivity index (χ0n) is 11.9. The first-order valence-electron chi connectivity index (χ1n) is 6.42. The van der Waals surface area contributed by atoms with Gasteiger partial charge in [-0.1, -0.05) is 12.1 Å². The molecule has 1 rings (SSSR count). The van der Waals surface area contributed by atoms with Crippen LogP contribution in [0.4, 0.5) is 18.0 Å². The van der Waals surface area contributed by atoms with Gasteiger partial charge in [-0.3, -0.25) is 4.21 Å². The summed E-state index contributed by atoms with van der Waals surface area (Å²) in [6, 6.07) is 5.07. The van der Waals surface area contributed by atoms with Crippen molar-refractivity contribution < 1.29 is 26.9 Å². The van der Waals surface area contributed by atoms with Gasteiger partial charge in [0.05, 0.1) is 0 Å². The first kappa shape index (κ1) is 18.3. The summed E-state index contributed by atoms with van der Waals surface area (Å²) >= 11 is 0. The topological polar surface area (TPSA) is 67.4 Å². The number of carbonyl (C=O) groups excluding carboxylic acids is 1. The normalized spacial score (nSPS) is 12.5. The number of carbonyl (C=O) groups is 1. The maximum Gasteiger partial charge on any atom is 0.573 e. The van der Waals surface area contributed by atoms with Crippen molar-refractivity contribution in [3.05, 3.63) is 29.8 Å². The minimum atomic E-state index is -4.71. The molecule has 0 spiro atoms. The maximum atomic E-state index is 12.0. The van der Waals surface area contributed by atoms with Crippen LogP contribution in [-0.4, -0.2) is 41.7 Å². The van der Waals surface area contributed by atoms with E-state index in [1.54, 1.807) is 6.26 Å². The molecule has 1 aromatic rings. The Kier molecular flexibility index (Phi) is 7.16. The van der Waals surface area contributed by atoms with Crippen LogP contribution in [-0.2, 0) is 17.2 Å². The fraction of sp³-hybridized carbons (Fsp3) is 0.462. The van der Waals surface area contributed by atoms with Gasteiger partial charge in [0.2, 0.25) is 0 Å². The maximum absolute atomic E-state index is 12.0. The lowest BCUT2D eigenvalue weighted by molar-refractivity contribution is -0.274. The lowest BCUT2D eigenvalue weighted by atomic mass is 10.1. The highest BCUT2D eigenvalue weighted by Crippen LogP contribution is 2.22. The van der Waals surface area contributed by atoms with Crippen molar-refractivity contribution in [1.82, 2.24) is 10.6 Å². The SMILES string of the molecule is CS(=O)CCNC(=O)NCCc1ccc(OC(F)(F)F)cc1. The smallest absolute Gasteiger partial charge is 0.406 e. The molecule has 0 aliphatic rings. The minimum absolute atomic E-state index is 0.283. The molecule has 9 heteroatoms. The Labute approximate surface area is 128 Å². The summed E-state index contributed by atoms with van der Waals surface area (Å²) in [6.07, 6.45) is -2.69. The molecule has 0 radical (unpaired) electrons. The van der Waals surface area contributed by atoms with Crippen molar-refractivity contribution in [3.8, 4) is 5.75 Å². The Bertz CT molecular complexity index is 506. The van der Waals surface area contributed by atoms with Gasteiger partial charge in [0.1, 0.15) is 5.75 Å². The van der Waals surface area contributed by atoms with Crippen LogP contribution in [0.3, 0.4) is 0 Å². The fourth-order valence-corrected chi connectivity index (χ4v) is 1.94. The highest BCUT2D eigenvalue weighted by Gasteiger charge is 2.30. The number of benzene rings is 1. The molecule has 2 N–H and O–H groups in total. The standard InChI is InChI=1S/C13H17F3N2O3S/c1-22(20)9-8-18-12(19)17-7-6-10-2-4-11(5-3-10)21-13(14,15)16/h2-5H,6-9H2,1H3,(H2,17,18,19). The van der Waals surface area contributed by atoms with E-state index < -0.39 is 17.2 Å². The van der Waals surface area contributed by atoms with E-state index in [1.807, 2.05) is 0 Å². The van der Waals surface area contributed by atoms with E-state index >= 15 is 0 Å². The number of ether oxygens (including phenoxy) is 1. The van der Waals surface area contributed by atoms with Crippen LogP contribution in [0.5, 0.6) is 5.75 Å². The molecule has 124 valence electrons. The average molecular weight is 338 g/mol. The Balaban J connectivity index is 2.27. The fourth-order valence-electron chi connectivity index (χ4n) is 1.55. The van der Waals surface area contributed by atoms with Crippen molar-refractivity contribution in [3.63, 3.8) is 0 Å². The van der Waals surface area contributed by atoms with Crippen molar-refractivity contribution >= 4 is 16.8 Å². The van der Waals surface area contributed by atoms with Crippen LogP contribution >= 0.6 is 0 Å². The third-order valence-corrected chi connectivity index (χ3v) is 3.31. The quantitative estimate of drug-likeness (QED) is 0.797. The zero-order chi connectivity index (χ0) is 16.6. The van der Waals surface area contributed by atoms with Gasteiger partial charge in [0, 0.05) is 35.9 Å². The summed E-state index contributed by atoms with van der Waals surface area (Å²) in [5.74, 6) is 0.100. The molecule has 0 heterocycles. The van der Waals surface area contributed by atoms with Crippen molar-refractivity contribution in [2.24, 2.45) is 0 Å². The number of alkyl halides is 3. The second-order valence-electron chi connectivity index (χ2n) is 4.40. The Morgan fingerprint density at radius 1 is 1.18 bits per heavy atom. The summed E-state index contributed by atoms with van der Waals surface area (Å²) < 4.78 is 50.5. The van der Waals surface area contributed by atoms with Crippen LogP contribution in [0.25, 0.3) is 0 Å². The molecule has 0 saturated carbocycles. The number of hydrogen-bond donors (Lipinski definition) is 2. The molecule has 2 amide bonds. The van der Waals surface area contributed by atoms with Crippen molar-refractivity contribution in [1.29, 1.82) is 0 Å². The highest BCUT2D eigenvalue weighted by atomic mass is 32.2. The van der Waals surface area contributed by atoms with Gasteiger partial charge in [-0.2, -0.15) is 0 Å². The predicted octanol–water partition coefficient (Wildman–Crippen LogP) is 1.81. The highest BCUT2D eigenvalue weighted by molar-refractivity contribution is 7.84. The molecule has 1 atom stereocenters. The van der Waals surface area contributed by atoms with E-state index in [0.717, 1.165) is 5.56 Å². The minimum Gasteiger partial charge on any atom is -0.406 e. The van der Waals surface area contributed by atoms with Crippen LogP contribution in [0, 0.1) is 0 Å². The Morgan fingerprint density at radius 3 is 2.32 bits per heavy atom. The number of halogens is 3. The zero-order valence-corrected chi connectivity index (χ0v) is 12.7. The number of urea groups is 1. The number of hydrogen-bond acceptors (Lipinski definition) is 3. The van der Waals surface area contributed by atoms with E-state index in [-0.39, 0.29) is 11.8 Å². The Hall–Kier alpha value is -1.77. The third kappa shape index (κ3) is 8.50. The molecular weight excluding hydrogens is 321 g/mol. The first-order chi connectivity index (χ1) is 10.3. The van der Waals surface area contributed by atoms with Crippen LogP contribution in [0.15, 0.2) is 24.3 Å². The summed E-state index contributed by atoms with van der Waals surface area (Å²) in [5.41, 5.74) is 0.768. The van der Waals surface area contributed by atoms with Crippen LogP contribution in [0.1, 0.15) is 5.56 Å². The Morgan fingerprint density at radius 2 is 1.77 bits per heavy atom. The summed E-state index contributed by atoms with van der Waals surface area (Å²) in [5, 5.41) is 5.14. The van der Waals surface area contributed by atoms with E-state index in [2.05, 4.69) is 15.4 Å². The van der Waals surface area contributed by atoms with Gasteiger partial charge in [0.15, 0.2) is 0 Å². The lowest BCUT2D eigenvalue weighted by Crippen LogP contribution is -2.38. The van der Waals surface area contributed by atoms with E-state index in [0.29, 0.717) is 25.3 Å². The van der Waals surface area contributed by atoms with Gasteiger partial charge >= 0.3 is 12.4 Å². The second kappa shape index (κ2) is 8.62. The molecule has 0 bridgehead atoms. The molecule has 1 unspecified atom stereocenters. The first-order valence-corrected chi connectivity index (χ1v) is 8.15. The number of rotatable bonds is 7. The molecule has 1 aromatic carbocycles. The molecular formula is C13H17F3N2O3S. The summed E-state index contributed by atoms with van der Waals surface area (Å²) in [7, 11) is -0.962. The molecule has 0 aliphatic carbocycles. The molecule has 5 nitrogen and oxygen atoms in total.